The van der Waals surface area contributed by atoms with Crippen LogP contribution in [0.2, 0.25) is 0 Å². The Balaban J connectivity index is 3.07. The van der Waals surface area contributed by atoms with Gasteiger partial charge in [-0.2, -0.15) is 0 Å². The summed E-state index contributed by atoms with van der Waals surface area (Å²) in [6, 6.07) is 0. The third kappa shape index (κ3) is 9.32. The van der Waals surface area contributed by atoms with Crippen LogP contribution in [0.15, 0.2) is 0 Å². The number of ether oxygens (including phenoxy) is 1. The van der Waals surface area contributed by atoms with Gasteiger partial charge in [0, 0.05) is 13.2 Å². The quantitative estimate of drug-likeness (QED) is 0.590. The van der Waals surface area contributed by atoms with Crippen molar-refractivity contribution in [2.24, 2.45) is 0 Å². The first-order valence-electron chi connectivity index (χ1n) is 5.32. The molecule has 4 nitrogen and oxygen atoms in total. The predicted octanol–water partition coefficient (Wildman–Crippen LogP) is 1.68. The van der Waals surface area contributed by atoms with Crippen LogP contribution in [-0.2, 0) is 4.74 Å². The second-order valence-electron chi connectivity index (χ2n) is 3.20. The van der Waals surface area contributed by atoms with Crippen molar-refractivity contribution in [3.8, 4) is 0 Å². The molecular formula is C10H21NO3. The van der Waals surface area contributed by atoms with E-state index in [0.717, 1.165) is 32.1 Å². The number of aliphatic hydroxyl groups is 1. The van der Waals surface area contributed by atoms with Crippen LogP contribution in [0.5, 0.6) is 0 Å². The monoisotopic (exact) mass is 203 g/mol. The first kappa shape index (κ1) is 13.2. The van der Waals surface area contributed by atoms with Crippen molar-refractivity contribution in [1.82, 2.24) is 5.32 Å². The Morgan fingerprint density at radius 1 is 1.29 bits per heavy atom. The number of aliphatic hydroxyl groups excluding tert-OH is 1. The summed E-state index contributed by atoms with van der Waals surface area (Å²) in [4.78, 5) is 10.9. The van der Waals surface area contributed by atoms with E-state index in [-0.39, 0.29) is 12.7 Å². The van der Waals surface area contributed by atoms with Gasteiger partial charge in [0.05, 0.1) is 6.61 Å². The fourth-order valence-corrected chi connectivity index (χ4v) is 1.03. The molecule has 0 rings (SSSR count). The average molecular weight is 203 g/mol. The van der Waals surface area contributed by atoms with Gasteiger partial charge in [-0.1, -0.05) is 19.8 Å². The highest BCUT2D eigenvalue weighted by atomic mass is 16.5. The van der Waals surface area contributed by atoms with E-state index >= 15 is 0 Å². The molecule has 0 unspecified atom stereocenters. The van der Waals surface area contributed by atoms with Gasteiger partial charge in [0.25, 0.3) is 0 Å². The molecule has 0 aromatic rings. The van der Waals surface area contributed by atoms with E-state index in [2.05, 4.69) is 5.32 Å². The summed E-state index contributed by atoms with van der Waals surface area (Å²) in [5, 5.41) is 11.2. The minimum atomic E-state index is -0.325. The molecule has 0 aromatic carbocycles. The predicted molar refractivity (Wildman–Crippen MR) is 55.2 cm³/mol. The lowest BCUT2D eigenvalue weighted by Crippen LogP contribution is -2.25. The van der Waals surface area contributed by atoms with Crippen molar-refractivity contribution in [1.29, 1.82) is 0 Å². The van der Waals surface area contributed by atoms with E-state index < -0.39 is 0 Å². The van der Waals surface area contributed by atoms with Crippen LogP contribution >= 0.6 is 0 Å². The lowest BCUT2D eigenvalue weighted by atomic mass is 10.2. The van der Waals surface area contributed by atoms with Gasteiger partial charge in [-0.05, 0) is 19.3 Å². The maximum atomic E-state index is 10.9. The smallest absolute Gasteiger partial charge is 0.407 e. The van der Waals surface area contributed by atoms with E-state index in [1.807, 2.05) is 6.92 Å². The molecule has 0 spiro atoms. The third-order valence-corrected chi connectivity index (χ3v) is 1.79. The summed E-state index contributed by atoms with van der Waals surface area (Å²) >= 11 is 0. The topological polar surface area (TPSA) is 58.6 Å². The zero-order valence-electron chi connectivity index (χ0n) is 8.92. The molecule has 2 N–H and O–H groups in total. The molecule has 0 aliphatic heterocycles. The van der Waals surface area contributed by atoms with E-state index in [0.29, 0.717) is 13.2 Å². The Kier molecular flexibility index (Phi) is 9.74. The summed E-state index contributed by atoms with van der Waals surface area (Å²) in [5.41, 5.74) is 0. The summed E-state index contributed by atoms with van der Waals surface area (Å²) in [7, 11) is 0. The normalized spacial score (nSPS) is 9.86. The van der Waals surface area contributed by atoms with E-state index in [1.165, 1.54) is 0 Å². The lowest BCUT2D eigenvalue weighted by Gasteiger charge is -2.05. The number of amides is 1. The third-order valence-electron chi connectivity index (χ3n) is 1.79. The van der Waals surface area contributed by atoms with Crippen molar-refractivity contribution in [2.45, 2.75) is 39.0 Å². The van der Waals surface area contributed by atoms with Crippen molar-refractivity contribution >= 4 is 6.09 Å². The van der Waals surface area contributed by atoms with Crippen LogP contribution in [0, 0.1) is 0 Å². The van der Waals surface area contributed by atoms with Gasteiger partial charge in [0.1, 0.15) is 0 Å². The first-order valence-corrected chi connectivity index (χ1v) is 5.32. The van der Waals surface area contributed by atoms with Crippen LogP contribution in [0.1, 0.15) is 39.0 Å². The highest BCUT2D eigenvalue weighted by molar-refractivity contribution is 5.66. The Bertz CT molecular complexity index is 139. The van der Waals surface area contributed by atoms with Gasteiger partial charge in [0.15, 0.2) is 0 Å². The second-order valence-corrected chi connectivity index (χ2v) is 3.20. The molecule has 0 fully saturated rings. The van der Waals surface area contributed by atoms with E-state index in [1.54, 1.807) is 0 Å². The Hall–Kier alpha value is -0.770. The molecule has 0 aromatic heterocycles. The molecule has 0 radical (unpaired) electrons. The molecule has 0 aliphatic carbocycles. The number of rotatable bonds is 8. The van der Waals surface area contributed by atoms with E-state index in [4.69, 9.17) is 9.84 Å². The summed E-state index contributed by atoms with van der Waals surface area (Å²) in [5.74, 6) is 0. The van der Waals surface area contributed by atoms with Crippen LogP contribution in [-0.4, -0.2) is 31.0 Å². The van der Waals surface area contributed by atoms with Gasteiger partial charge >= 0.3 is 6.09 Å². The van der Waals surface area contributed by atoms with Gasteiger partial charge in [-0.25, -0.2) is 4.79 Å². The standard InChI is InChI=1S/C10H21NO3/c1-2-9-14-10(13)11-7-5-3-4-6-8-12/h12H,2-9H2,1H3,(H,11,13). The fourth-order valence-electron chi connectivity index (χ4n) is 1.03. The lowest BCUT2D eigenvalue weighted by molar-refractivity contribution is 0.146. The minimum Gasteiger partial charge on any atom is -0.450 e. The number of alkyl carbamates (subject to hydrolysis) is 1. The Morgan fingerprint density at radius 3 is 2.64 bits per heavy atom. The Morgan fingerprint density at radius 2 is 2.00 bits per heavy atom. The number of nitrogens with one attached hydrogen (secondary N) is 1. The molecule has 0 atom stereocenters. The van der Waals surface area contributed by atoms with Crippen molar-refractivity contribution in [3.63, 3.8) is 0 Å². The Labute approximate surface area is 85.6 Å². The summed E-state index contributed by atoms with van der Waals surface area (Å²) < 4.78 is 4.83. The molecule has 14 heavy (non-hydrogen) atoms. The summed E-state index contributed by atoms with van der Waals surface area (Å²) in [6.07, 6.45) is 4.37. The molecule has 0 saturated carbocycles. The highest BCUT2D eigenvalue weighted by Gasteiger charge is 1.98. The molecule has 0 aliphatic rings. The first-order chi connectivity index (χ1) is 6.81. The highest BCUT2D eigenvalue weighted by Crippen LogP contribution is 1.97. The van der Waals surface area contributed by atoms with Crippen LogP contribution in [0.4, 0.5) is 4.79 Å². The second kappa shape index (κ2) is 10.3. The van der Waals surface area contributed by atoms with Gasteiger partial charge in [-0.3, -0.25) is 0 Å². The van der Waals surface area contributed by atoms with Gasteiger partial charge < -0.3 is 15.2 Å². The zero-order chi connectivity index (χ0) is 10.6. The number of unbranched alkanes of at least 4 members (excludes halogenated alkanes) is 3. The number of carbonyl (C=O) groups excluding carboxylic acids is 1. The van der Waals surface area contributed by atoms with Crippen molar-refractivity contribution in [2.75, 3.05) is 19.8 Å². The fraction of sp³-hybridized carbons (Fsp3) is 0.900. The maximum absolute atomic E-state index is 10.9. The number of carbonyl (C=O) groups is 1. The SMILES string of the molecule is CCCOC(=O)NCCCCCCO. The molecular weight excluding hydrogens is 182 g/mol. The molecule has 84 valence electrons. The maximum Gasteiger partial charge on any atom is 0.407 e. The van der Waals surface area contributed by atoms with Crippen molar-refractivity contribution in [3.05, 3.63) is 0 Å². The number of hydrogen-bond acceptors (Lipinski definition) is 3. The average Bonchev–Trinajstić information content (AvgIpc) is 2.20. The number of hydrogen-bond donors (Lipinski definition) is 2. The molecule has 1 amide bonds. The minimum absolute atomic E-state index is 0.256. The molecule has 0 saturated heterocycles. The van der Waals surface area contributed by atoms with Crippen LogP contribution in [0.25, 0.3) is 0 Å². The molecule has 4 heteroatoms. The van der Waals surface area contributed by atoms with E-state index in [9.17, 15) is 4.79 Å². The summed E-state index contributed by atoms with van der Waals surface area (Å²) in [6.45, 7) is 3.36. The van der Waals surface area contributed by atoms with Crippen molar-refractivity contribution < 1.29 is 14.6 Å². The zero-order valence-corrected chi connectivity index (χ0v) is 8.92. The largest absolute Gasteiger partial charge is 0.450 e. The van der Waals surface area contributed by atoms with Gasteiger partial charge in [0.2, 0.25) is 0 Å². The molecule has 0 heterocycles. The molecule has 0 bridgehead atoms. The van der Waals surface area contributed by atoms with Crippen LogP contribution in [0.3, 0.4) is 0 Å². The van der Waals surface area contributed by atoms with Gasteiger partial charge in [-0.15, -0.1) is 0 Å². The van der Waals surface area contributed by atoms with Crippen LogP contribution < -0.4 is 5.32 Å².